The van der Waals surface area contributed by atoms with Crippen LogP contribution in [0.5, 0.6) is 5.75 Å². The van der Waals surface area contributed by atoms with Gasteiger partial charge in [0.1, 0.15) is 12.3 Å². The van der Waals surface area contributed by atoms with Crippen LogP contribution in [0.25, 0.3) is 11.3 Å². The van der Waals surface area contributed by atoms with Crippen LogP contribution in [0.4, 0.5) is 17.3 Å². The predicted octanol–water partition coefficient (Wildman–Crippen LogP) is 3.55. The summed E-state index contributed by atoms with van der Waals surface area (Å²) >= 11 is 6.39. The number of anilines is 3. The highest BCUT2D eigenvalue weighted by Crippen LogP contribution is 2.33. The Kier molecular flexibility index (Phi) is 7.65. The first kappa shape index (κ1) is 24.3. The highest BCUT2D eigenvalue weighted by molar-refractivity contribution is 6.33. The lowest BCUT2D eigenvalue weighted by Crippen LogP contribution is -2.44. The number of nitriles is 1. The van der Waals surface area contributed by atoms with E-state index >= 15 is 0 Å². The van der Waals surface area contributed by atoms with E-state index in [-0.39, 0.29) is 12.5 Å². The second-order valence-electron chi connectivity index (χ2n) is 8.11. The third-order valence-electron chi connectivity index (χ3n) is 5.75. The molecule has 1 aliphatic heterocycles. The third kappa shape index (κ3) is 5.80. The minimum absolute atomic E-state index is 0.0670. The molecule has 180 valence electrons. The van der Waals surface area contributed by atoms with Gasteiger partial charge in [-0.15, -0.1) is 0 Å². The van der Waals surface area contributed by atoms with E-state index in [2.05, 4.69) is 37.4 Å². The number of rotatable bonds is 7. The van der Waals surface area contributed by atoms with Crippen LogP contribution in [0.1, 0.15) is 10.4 Å². The molecule has 3 aromatic rings. The van der Waals surface area contributed by atoms with Crippen LogP contribution in [-0.2, 0) is 0 Å². The van der Waals surface area contributed by atoms with Crippen molar-refractivity contribution in [1.82, 2.24) is 20.2 Å². The molecule has 9 nitrogen and oxygen atoms in total. The molecule has 10 heteroatoms. The highest BCUT2D eigenvalue weighted by Gasteiger charge is 2.18. The number of halogens is 1. The summed E-state index contributed by atoms with van der Waals surface area (Å²) in [5, 5.41) is 14.8. The molecule has 0 unspecified atom stereocenters. The van der Waals surface area contributed by atoms with Gasteiger partial charge in [-0.25, -0.2) is 9.97 Å². The van der Waals surface area contributed by atoms with Gasteiger partial charge < -0.3 is 25.2 Å². The number of amides is 1. The first-order chi connectivity index (χ1) is 17.0. The zero-order valence-corrected chi connectivity index (χ0v) is 20.3. The number of aromatic nitrogens is 2. The van der Waals surface area contributed by atoms with Gasteiger partial charge in [-0.2, -0.15) is 5.26 Å². The summed E-state index contributed by atoms with van der Waals surface area (Å²) in [5.41, 5.74) is 3.38. The Labute approximate surface area is 209 Å². The average Bonchev–Trinajstić information content (AvgIpc) is 2.89. The summed E-state index contributed by atoms with van der Waals surface area (Å²) in [6.45, 7) is 3.83. The number of nitrogens with zero attached hydrogens (tertiary/aromatic N) is 5. The first-order valence-corrected chi connectivity index (χ1v) is 11.5. The van der Waals surface area contributed by atoms with E-state index in [1.54, 1.807) is 25.3 Å². The van der Waals surface area contributed by atoms with Crippen molar-refractivity contribution in [3.05, 3.63) is 59.2 Å². The Hall–Kier alpha value is -3.87. The fraction of sp³-hybridized carbons (Fsp3) is 0.280. The molecule has 1 amide bonds. The Morgan fingerprint density at radius 3 is 2.74 bits per heavy atom. The maximum Gasteiger partial charge on any atom is 0.252 e. The lowest BCUT2D eigenvalue weighted by molar-refractivity contribution is 0.0958. The number of hydrogen-bond donors (Lipinski definition) is 2. The largest absolute Gasteiger partial charge is 0.495 e. The van der Waals surface area contributed by atoms with E-state index in [4.69, 9.17) is 21.6 Å². The highest BCUT2D eigenvalue weighted by atomic mass is 35.5. The normalized spacial score (nSPS) is 13.7. The molecule has 1 saturated heterocycles. The van der Waals surface area contributed by atoms with Crippen LogP contribution in [0, 0.1) is 11.3 Å². The van der Waals surface area contributed by atoms with Crippen LogP contribution >= 0.6 is 11.6 Å². The number of nitrogens with one attached hydrogen (secondary N) is 2. The molecule has 0 atom stereocenters. The zero-order valence-electron chi connectivity index (χ0n) is 19.6. The van der Waals surface area contributed by atoms with Crippen LogP contribution < -0.4 is 20.3 Å². The molecule has 1 aromatic heterocycles. The average molecular weight is 492 g/mol. The molecule has 2 heterocycles. The van der Waals surface area contributed by atoms with Crippen molar-refractivity contribution in [2.75, 3.05) is 57.1 Å². The van der Waals surface area contributed by atoms with Crippen molar-refractivity contribution in [2.24, 2.45) is 0 Å². The molecule has 0 aliphatic carbocycles. The number of piperazine rings is 1. The summed E-state index contributed by atoms with van der Waals surface area (Å²) in [7, 11) is 3.79. The number of hydrogen-bond acceptors (Lipinski definition) is 8. The van der Waals surface area contributed by atoms with Gasteiger partial charge in [0, 0.05) is 49.1 Å². The minimum Gasteiger partial charge on any atom is -0.495 e. The standard InChI is InChI=1S/C25H26ClN7O2/c1-32-10-12-33(13-11-32)21-7-6-19(15-22(21)35-2)30-25-29-16-20(26)23(31-25)17-4-3-5-18(14-17)24(34)28-9-8-27/h3-7,14-16H,9-13H2,1-2H3,(H,28,34)(H,29,30,31). The summed E-state index contributed by atoms with van der Waals surface area (Å²) in [6.07, 6.45) is 1.52. The van der Waals surface area contributed by atoms with Gasteiger partial charge >= 0.3 is 0 Å². The molecule has 0 radical (unpaired) electrons. The molecule has 1 aliphatic rings. The molecular weight excluding hydrogens is 466 g/mol. The molecule has 4 rings (SSSR count). The SMILES string of the molecule is COc1cc(Nc2ncc(Cl)c(-c3cccc(C(=O)NCC#N)c3)n2)ccc1N1CCN(C)CC1. The topological polar surface area (TPSA) is 106 Å². The van der Waals surface area contributed by atoms with E-state index in [0.29, 0.717) is 27.8 Å². The van der Waals surface area contributed by atoms with Crippen molar-refractivity contribution in [3.8, 4) is 23.1 Å². The molecular formula is C25H26ClN7O2. The van der Waals surface area contributed by atoms with Gasteiger partial charge in [0.05, 0.1) is 35.8 Å². The Balaban J connectivity index is 1.56. The van der Waals surface area contributed by atoms with Gasteiger partial charge in [-0.05, 0) is 31.3 Å². The van der Waals surface area contributed by atoms with Crippen molar-refractivity contribution in [2.45, 2.75) is 0 Å². The summed E-state index contributed by atoms with van der Waals surface area (Å²) in [4.78, 5) is 25.8. The second-order valence-corrected chi connectivity index (χ2v) is 8.52. The quantitative estimate of drug-likeness (QED) is 0.483. The number of carbonyl (C=O) groups excluding carboxylic acids is 1. The van der Waals surface area contributed by atoms with E-state index in [1.165, 1.54) is 6.20 Å². The van der Waals surface area contributed by atoms with Gasteiger partial charge in [0.15, 0.2) is 0 Å². The van der Waals surface area contributed by atoms with Gasteiger partial charge in [0.25, 0.3) is 5.91 Å². The molecule has 2 aromatic carbocycles. The smallest absolute Gasteiger partial charge is 0.252 e. The number of likely N-dealkylation sites (N-methyl/N-ethyl adjacent to an activating group) is 1. The number of ether oxygens (including phenoxy) is 1. The molecule has 35 heavy (non-hydrogen) atoms. The molecule has 0 bridgehead atoms. The fourth-order valence-electron chi connectivity index (χ4n) is 3.85. The van der Waals surface area contributed by atoms with Crippen molar-refractivity contribution < 1.29 is 9.53 Å². The monoisotopic (exact) mass is 491 g/mol. The predicted molar refractivity (Wildman–Crippen MR) is 136 cm³/mol. The fourth-order valence-corrected chi connectivity index (χ4v) is 4.05. The molecule has 1 fully saturated rings. The first-order valence-electron chi connectivity index (χ1n) is 11.1. The zero-order chi connectivity index (χ0) is 24.8. The Morgan fingerprint density at radius 1 is 1.20 bits per heavy atom. The Morgan fingerprint density at radius 2 is 2.00 bits per heavy atom. The summed E-state index contributed by atoms with van der Waals surface area (Å²) in [6, 6.07) is 14.7. The number of methoxy groups -OCH3 is 1. The van der Waals surface area contributed by atoms with Gasteiger partial charge in [-0.1, -0.05) is 23.7 Å². The number of benzene rings is 2. The lowest BCUT2D eigenvalue weighted by Gasteiger charge is -2.34. The second kappa shape index (κ2) is 11.0. The van der Waals surface area contributed by atoms with E-state index < -0.39 is 0 Å². The van der Waals surface area contributed by atoms with Crippen LogP contribution in [-0.4, -0.2) is 67.7 Å². The minimum atomic E-state index is -0.343. The van der Waals surface area contributed by atoms with E-state index in [1.807, 2.05) is 30.3 Å². The molecule has 0 spiro atoms. The third-order valence-corrected chi connectivity index (χ3v) is 6.03. The molecule has 2 N–H and O–H groups in total. The maximum atomic E-state index is 12.2. The van der Waals surface area contributed by atoms with Crippen LogP contribution in [0.15, 0.2) is 48.7 Å². The molecule has 0 saturated carbocycles. The van der Waals surface area contributed by atoms with Crippen molar-refractivity contribution >= 4 is 34.8 Å². The lowest BCUT2D eigenvalue weighted by atomic mass is 10.1. The van der Waals surface area contributed by atoms with Crippen LogP contribution in [0.3, 0.4) is 0 Å². The van der Waals surface area contributed by atoms with Gasteiger partial charge in [0.2, 0.25) is 5.95 Å². The Bertz CT molecular complexity index is 1250. The van der Waals surface area contributed by atoms with E-state index in [0.717, 1.165) is 43.3 Å². The van der Waals surface area contributed by atoms with Crippen LogP contribution in [0.2, 0.25) is 5.02 Å². The summed E-state index contributed by atoms with van der Waals surface area (Å²) < 4.78 is 5.66. The van der Waals surface area contributed by atoms with E-state index in [9.17, 15) is 4.79 Å². The maximum absolute atomic E-state index is 12.2. The van der Waals surface area contributed by atoms with Crippen molar-refractivity contribution in [3.63, 3.8) is 0 Å². The summed E-state index contributed by atoms with van der Waals surface area (Å²) in [5.74, 6) is 0.785. The van der Waals surface area contributed by atoms with Gasteiger partial charge in [-0.3, -0.25) is 4.79 Å². The van der Waals surface area contributed by atoms with Crippen molar-refractivity contribution in [1.29, 1.82) is 5.26 Å². The number of carbonyl (C=O) groups is 1.